The molecule has 2 atom stereocenters. The Morgan fingerprint density at radius 2 is 2.15 bits per heavy atom. The summed E-state index contributed by atoms with van der Waals surface area (Å²) in [5.41, 5.74) is 0.998. The summed E-state index contributed by atoms with van der Waals surface area (Å²) in [5, 5.41) is 0. The molecule has 0 aliphatic carbocycles. The van der Waals surface area contributed by atoms with Crippen molar-refractivity contribution in [1.29, 1.82) is 0 Å². The van der Waals surface area contributed by atoms with Gasteiger partial charge in [0.1, 0.15) is 17.8 Å². The second-order valence-corrected chi connectivity index (χ2v) is 7.60. The van der Waals surface area contributed by atoms with E-state index in [4.69, 9.17) is 8.83 Å². The topological polar surface area (TPSA) is 62.7 Å². The molecule has 6 nitrogen and oxygen atoms in total. The van der Waals surface area contributed by atoms with Gasteiger partial charge in [-0.2, -0.15) is 0 Å². The van der Waals surface area contributed by atoms with Crippen molar-refractivity contribution in [2.24, 2.45) is 5.92 Å². The zero-order chi connectivity index (χ0) is 18.1. The third kappa shape index (κ3) is 3.70. The van der Waals surface area contributed by atoms with Crippen LogP contribution in [0.1, 0.15) is 42.4 Å². The van der Waals surface area contributed by atoms with Gasteiger partial charge in [0.15, 0.2) is 5.89 Å². The maximum absolute atomic E-state index is 12.5. The Morgan fingerprint density at radius 1 is 1.27 bits per heavy atom. The van der Waals surface area contributed by atoms with Gasteiger partial charge >= 0.3 is 0 Å². The third-order valence-corrected chi connectivity index (χ3v) is 5.67. The number of furan rings is 1. The number of piperidine rings is 2. The van der Waals surface area contributed by atoms with Crippen LogP contribution in [0.3, 0.4) is 0 Å². The highest BCUT2D eigenvalue weighted by atomic mass is 16.3. The van der Waals surface area contributed by atoms with E-state index in [2.05, 4.69) is 14.8 Å². The number of carbonyl (C=O) groups excluding carboxylic acids is 1. The zero-order valence-electron chi connectivity index (χ0n) is 15.6. The summed E-state index contributed by atoms with van der Waals surface area (Å²) < 4.78 is 11.0. The molecule has 0 radical (unpaired) electrons. The minimum atomic E-state index is 0.301. The third-order valence-electron chi connectivity index (χ3n) is 5.67. The lowest BCUT2D eigenvalue weighted by molar-refractivity contribution is -0.141. The molecule has 0 bridgehead atoms. The first kappa shape index (κ1) is 17.3. The van der Waals surface area contributed by atoms with Crippen LogP contribution in [0.2, 0.25) is 0 Å². The van der Waals surface area contributed by atoms with Crippen LogP contribution in [0.4, 0.5) is 0 Å². The van der Waals surface area contributed by atoms with Crippen molar-refractivity contribution in [3.63, 3.8) is 0 Å². The van der Waals surface area contributed by atoms with Gasteiger partial charge in [-0.1, -0.05) is 0 Å². The number of aryl methyl sites for hydroxylation is 2. The predicted octanol–water partition coefficient (Wildman–Crippen LogP) is 2.94. The smallest absolute Gasteiger partial charge is 0.222 e. The number of aromatic nitrogens is 1. The molecule has 1 amide bonds. The first-order chi connectivity index (χ1) is 12.6. The van der Waals surface area contributed by atoms with Crippen LogP contribution in [0.15, 0.2) is 27.2 Å². The number of fused-ring (bicyclic) bond motifs is 1. The van der Waals surface area contributed by atoms with E-state index in [1.807, 2.05) is 26.0 Å². The van der Waals surface area contributed by atoms with E-state index < -0.39 is 0 Å². The average molecular weight is 357 g/mol. The number of amides is 1. The van der Waals surface area contributed by atoms with E-state index in [0.717, 1.165) is 68.5 Å². The molecular weight excluding hydrogens is 330 g/mol. The summed E-state index contributed by atoms with van der Waals surface area (Å²) in [4.78, 5) is 21.5. The van der Waals surface area contributed by atoms with Crippen molar-refractivity contribution in [3.8, 4) is 0 Å². The summed E-state index contributed by atoms with van der Waals surface area (Å²) in [6.45, 7) is 7.45. The summed E-state index contributed by atoms with van der Waals surface area (Å²) in [6.07, 6.45) is 5.24. The molecule has 4 heterocycles. The number of hydrogen-bond acceptors (Lipinski definition) is 5. The van der Waals surface area contributed by atoms with Crippen LogP contribution in [0.25, 0.3) is 0 Å². The molecular formula is C20H27N3O3. The Morgan fingerprint density at radius 3 is 2.88 bits per heavy atom. The summed E-state index contributed by atoms with van der Waals surface area (Å²) in [7, 11) is 0. The fraction of sp³-hybridized carbons (Fsp3) is 0.600. The lowest BCUT2D eigenvalue weighted by Crippen LogP contribution is -2.56. The average Bonchev–Trinajstić information content (AvgIpc) is 3.22. The van der Waals surface area contributed by atoms with E-state index in [9.17, 15) is 4.79 Å². The molecule has 2 aromatic rings. The number of nitrogens with zero attached hydrogens (tertiary/aromatic N) is 3. The first-order valence-electron chi connectivity index (χ1n) is 9.56. The van der Waals surface area contributed by atoms with Crippen molar-refractivity contribution >= 4 is 5.91 Å². The number of rotatable bonds is 5. The van der Waals surface area contributed by atoms with Gasteiger partial charge in [0.05, 0.1) is 5.69 Å². The predicted molar refractivity (Wildman–Crippen MR) is 96.5 cm³/mol. The first-order valence-corrected chi connectivity index (χ1v) is 9.56. The van der Waals surface area contributed by atoms with Crippen LogP contribution in [0, 0.1) is 19.8 Å². The van der Waals surface area contributed by atoms with Crippen molar-refractivity contribution in [2.45, 2.75) is 52.1 Å². The van der Waals surface area contributed by atoms with E-state index in [1.54, 1.807) is 6.26 Å². The molecule has 4 rings (SSSR count). The fourth-order valence-electron chi connectivity index (χ4n) is 4.42. The highest BCUT2D eigenvalue weighted by Gasteiger charge is 2.39. The summed E-state index contributed by atoms with van der Waals surface area (Å²) in [5.74, 6) is 3.47. The minimum Gasteiger partial charge on any atom is -0.466 e. The van der Waals surface area contributed by atoms with Crippen molar-refractivity contribution in [1.82, 2.24) is 14.8 Å². The second kappa shape index (κ2) is 7.27. The Balaban J connectivity index is 1.37. The molecule has 26 heavy (non-hydrogen) atoms. The Hall–Kier alpha value is -2.08. The number of carbonyl (C=O) groups is 1. The highest BCUT2D eigenvalue weighted by Crippen LogP contribution is 2.32. The number of oxazole rings is 1. The quantitative estimate of drug-likeness (QED) is 0.823. The monoisotopic (exact) mass is 357 g/mol. The maximum atomic E-state index is 12.5. The molecule has 2 aliphatic rings. The van der Waals surface area contributed by atoms with E-state index in [0.29, 0.717) is 24.3 Å². The van der Waals surface area contributed by atoms with Crippen LogP contribution >= 0.6 is 0 Å². The fourth-order valence-corrected chi connectivity index (χ4v) is 4.42. The molecule has 2 saturated heterocycles. The highest BCUT2D eigenvalue weighted by molar-refractivity contribution is 5.77. The Labute approximate surface area is 154 Å². The van der Waals surface area contributed by atoms with Crippen molar-refractivity contribution in [2.75, 3.05) is 19.6 Å². The zero-order valence-corrected chi connectivity index (χ0v) is 15.6. The second-order valence-electron chi connectivity index (χ2n) is 7.60. The van der Waals surface area contributed by atoms with E-state index in [1.165, 1.54) is 0 Å². The minimum absolute atomic E-state index is 0.301. The van der Waals surface area contributed by atoms with Crippen LogP contribution in [0.5, 0.6) is 0 Å². The summed E-state index contributed by atoms with van der Waals surface area (Å²) in [6, 6.07) is 4.37. The maximum Gasteiger partial charge on any atom is 0.222 e. The molecule has 6 heteroatoms. The van der Waals surface area contributed by atoms with Gasteiger partial charge in [-0.05, 0) is 37.8 Å². The SMILES string of the molecule is Cc1ccc(CCN2C(=O)CCC3CN(Cc4coc(C)n4)CCC32)o1. The van der Waals surface area contributed by atoms with Gasteiger partial charge in [0.25, 0.3) is 0 Å². The molecule has 2 fully saturated rings. The number of hydrogen-bond donors (Lipinski definition) is 0. The van der Waals surface area contributed by atoms with E-state index in [-0.39, 0.29) is 0 Å². The molecule has 0 N–H and O–H groups in total. The molecule has 0 spiro atoms. The van der Waals surface area contributed by atoms with Gasteiger partial charge in [-0.25, -0.2) is 4.98 Å². The van der Waals surface area contributed by atoms with E-state index >= 15 is 0 Å². The van der Waals surface area contributed by atoms with Crippen LogP contribution in [-0.4, -0.2) is 46.4 Å². The van der Waals surface area contributed by atoms with Gasteiger partial charge < -0.3 is 13.7 Å². The lowest BCUT2D eigenvalue weighted by Gasteiger charge is -2.47. The van der Waals surface area contributed by atoms with Crippen molar-refractivity contribution in [3.05, 3.63) is 41.5 Å². The Kier molecular flexibility index (Phi) is 4.85. The lowest BCUT2D eigenvalue weighted by atomic mass is 9.83. The standard InChI is InChI=1S/C20H27N3O3/c1-14-3-5-18(26-14)7-10-23-19-8-9-22(11-16(19)4-6-20(23)24)12-17-13-25-15(2)21-17/h3,5,13,16,19H,4,6-12H2,1-2H3. The van der Waals surface area contributed by atoms with Crippen molar-refractivity contribution < 1.29 is 13.6 Å². The molecule has 140 valence electrons. The largest absolute Gasteiger partial charge is 0.466 e. The van der Waals surface area contributed by atoms with Gasteiger partial charge in [0, 0.05) is 52.0 Å². The summed E-state index contributed by atoms with van der Waals surface area (Å²) >= 11 is 0. The van der Waals surface area contributed by atoms with Gasteiger partial charge in [-0.15, -0.1) is 0 Å². The molecule has 2 aliphatic heterocycles. The van der Waals surface area contributed by atoms with Crippen LogP contribution in [-0.2, 0) is 17.8 Å². The van der Waals surface area contributed by atoms with Gasteiger partial charge in [0.2, 0.25) is 5.91 Å². The molecule has 2 aromatic heterocycles. The normalized spacial score (nSPS) is 24.1. The molecule has 2 unspecified atom stereocenters. The molecule has 0 aromatic carbocycles. The molecule has 0 saturated carbocycles. The van der Waals surface area contributed by atoms with Crippen LogP contribution < -0.4 is 0 Å². The van der Waals surface area contributed by atoms with Gasteiger partial charge in [-0.3, -0.25) is 9.69 Å². The number of likely N-dealkylation sites (tertiary alicyclic amines) is 2. The Bertz CT molecular complexity index is 766.